The molecule has 3 aromatic rings. The lowest BCUT2D eigenvalue weighted by molar-refractivity contribution is 1.16. The standard InChI is InChI=1S/C19H15NS/c1-14-11-12-19-17(13-14)20(15-7-3-2-4-8-15)16-9-5-6-10-18(16)21-19/h2-13H,1H3. The first-order valence-electron chi connectivity index (χ1n) is 7.06. The van der Waals surface area contributed by atoms with E-state index < -0.39 is 0 Å². The fourth-order valence-electron chi connectivity index (χ4n) is 2.72. The largest absolute Gasteiger partial charge is 0.308 e. The van der Waals surface area contributed by atoms with Crippen molar-refractivity contribution in [2.24, 2.45) is 0 Å². The molecule has 0 fully saturated rings. The summed E-state index contributed by atoms with van der Waals surface area (Å²) in [5.74, 6) is 0. The molecule has 0 radical (unpaired) electrons. The molecule has 0 saturated heterocycles. The Balaban J connectivity index is 1.98. The zero-order valence-electron chi connectivity index (χ0n) is 11.8. The van der Waals surface area contributed by atoms with Crippen LogP contribution in [0, 0.1) is 6.92 Å². The SMILES string of the molecule is Cc1ccc2c(c1)N(c1ccccc1)c1ccccc1S2. The number of rotatable bonds is 1. The van der Waals surface area contributed by atoms with E-state index in [1.165, 1.54) is 32.4 Å². The highest BCUT2D eigenvalue weighted by atomic mass is 32.2. The fourth-order valence-corrected chi connectivity index (χ4v) is 3.76. The molecule has 0 spiro atoms. The topological polar surface area (TPSA) is 3.24 Å². The highest BCUT2D eigenvalue weighted by Crippen LogP contribution is 2.51. The summed E-state index contributed by atoms with van der Waals surface area (Å²) in [5.41, 5.74) is 5.02. The minimum atomic E-state index is 1.21. The van der Waals surface area contributed by atoms with Gasteiger partial charge in [-0.3, -0.25) is 0 Å². The van der Waals surface area contributed by atoms with E-state index in [-0.39, 0.29) is 0 Å². The second kappa shape index (κ2) is 4.97. The third-order valence-electron chi connectivity index (χ3n) is 3.70. The lowest BCUT2D eigenvalue weighted by Crippen LogP contribution is -2.14. The molecule has 21 heavy (non-hydrogen) atoms. The monoisotopic (exact) mass is 289 g/mol. The zero-order valence-corrected chi connectivity index (χ0v) is 12.6. The third kappa shape index (κ3) is 2.12. The van der Waals surface area contributed by atoms with Gasteiger partial charge in [-0.25, -0.2) is 0 Å². The first kappa shape index (κ1) is 12.5. The van der Waals surface area contributed by atoms with Crippen LogP contribution in [0.3, 0.4) is 0 Å². The molecule has 0 unspecified atom stereocenters. The third-order valence-corrected chi connectivity index (χ3v) is 4.83. The molecule has 1 aliphatic rings. The van der Waals surface area contributed by atoms with Crippen LogP contribution in [0.2, 0.25) is 0 Å². The van der Waals surface area contributed by atoms with Gasteiger partial charge in [-0.05, 0) is 48.9 Å². The highest BCUT2D eigenvalue weighted by molar-refractivity contribution is 7.99. The van der Waals surface area contributed by atoms with Crippen molar-refractivity contribution in [3.05, 3.63) is 78.4 Å². The Morgan fingerprint density at radius 2 is 1.43 bits per heavy atom. The van der Waals surface area contributed by atoms with Crippen molar-refractivity contribution in [3.63, 3.8) is 0 Å². The summed E-state index contributed by atoms with van der Waals surface area (Å²) in [7, 11) is 0. The van der Waals surface area contributed by atoms with E-state index in [1.807, 2.05) is 11.8 Å². The number of anilines is 3. The van der Waals surface area contributed by atoms with Crippen molar-refractivity contribution in [3.8, 4) is 0 Å². The molecule has 1 heterocycles. The van der Waals surface area contributed by atoms with Gasteiger partial charge in [0.15, 0.2) is 0 Å². The number of benzene rings is 3. The number of nitrogens with zero attached hydrogens (tertiary/aromatic N) is 1. The molecule has 4 rings (SSSR count). The minimum Gasteiger partial charge on any atom is -0.308 e. The van der Waals surface area contributed by atoms with Crippen LogP contribution >= 0.6 is 11.8 Å². The van der Waals surface area contributed by atoms with Gasteiger partial charge in [0, 0.05) is 15.5 Å². The summed E-state index contributed by atoms with van der Waals surface area (Å²) < 4.78 is 0. The van der Waals surface area contributed by atoms with Gasteiger partial charge in [-0.15, -0.1) is 0 Å². The number of para-hydroxylation sites is 2. The molecule has 0 atom stereocenters. The summed E-state index contributed by atoms with van der Waals surface area (Å²) in [4.78, 5) is 4.97. The predicted molar refractivity (Wildman–Crippen MR) is 90.0 cm³/mol. The molecule has 0 saturated carbocycles. The first-order chi connectivity index (χ1) is 10.3. The molecule has 0 aliphatic carbocycles. The predicted octanol–water partition coefficient (Wildman–Crippen LogP) is 5.93. The Labute approximate surface area is 129 Å². The van der Waals surface area contributed by atoms with Gasteiger partial charge in [0.25, 0.3) is 0 Å². The van der Waals surface area contributed by atoms with Crippen molar-refractivity contribution < 1.29 is 0 Å². The fraction of sp³-hybridized carbons (Fsp3) is 0.0526. The molecular weight excluding hydrogens is 274 g/mol. The van der Waals surface area contributed by atoms with Crippen LogP contribution in [0.5, 0.6) is 0 Å². The second-order valence-corrected chi connectivity index (χ2v) is 6.30. The van der Waals surface area contributed by atoms with Gasteiger partial charge >= 0.3 is 0 Å². The molecule has 0 bridgehead atoms. The molecular formula is C19H15NS. The summed E-state index contributed by atoms with van der Waals surface area (Å²) in [6.45, 7) is 2.15. The van der Waals surface area contributed by atoms with Gasteiger partial charge in [0.2, 0.25) is 0 Å². The van der Waals surface area contributed by atoms with E-state index in [4.69, 9.17) is 0 Å². The van der Waals surface area contributed by atoms with E-state index in [0.29, 0.717) is 0 Å². The average molecular weight is 289 g/mol. The number of aryl methyl sites for hydroxylation is 1. The van der Waals surface area contributed by atoms with Crippen molar-refractivity contribution in [1.82, 2.24) is 0 Å². The van der Waals surface area contributed by atoms with Crippen LogP contribution in [-0.2, 0) is 0 Å². The Morgan fingerprint density at radius 3 is 2.29 bits per heavy atom. The lowest BCUT2D eigenvalue weighted by atomic mass is 10.1. The summed E-state index contributed by atoms with van der Waals surface area (Å²) >= 11 is 1.85. The van der Waals surface area contributed by atoms with E-state index >= 15 is 0 Å². The molecule has 1 nitrogen and oxygen atoms in total. The normalized spacial score (nSPS) is 12.7. The van der Waals surface area contributed by atoms with Crippen LogP contribution in [0.4, 0.5) is 17.1 Å². The maximum Gasteiger partial charge on any atom is 0.0604 e. The van der Waals surface area contributed by atoms with Crippen LogP contribution in [0.1, 0.15) is 5.56 Å². The Hall–Kier alpha value is -2.19. The van der Waals surface area contributed by atoms with Crippen molar-refractivity contribution in [2.45, 2.75) is 16.7 Å². The summed E-state index contributed by atoms with van der Waals surface area (Å²) in [6.07, 6.45) is 0. The molecule has 2 heteroatoms. The second-order valence-electron chi connectivity index (χ2n) is 5.21. The molecule has 0 N–H and O–H groups in total. The van der Waals surface area contributed by atoms with Crippen LogP contribution in [-0.4, -0.2) is 0 Å². The summed E-state index contributed by atoms with van der Waals surface area (Å²) in [6, 6.07) is 25.9. The van der Waals surface area contributed by atoms with Crippen LogP contribution in [0.15, 0.2) is 82.6 Å². The average Bonchev–Trinajstić information content (AvgIpc) is 2.53. The van der Waals surface area contributed by atoms with Gasteiger partial charge in [0.05, 0.1) is 11.4 Å². The maximum absolute atomic E-state index is 2.36. The number of hydrogen-bond donors (Lipinski definition) is 0. The number of hydrogen-bond acceptors (Lipinski definition) is 2. The molecule has 3 aromatic carbocycles. The minimum absolute atomic E-state index is 1.21. The maximum atomic E-state index is 2.36. The smallest absolute Gasteiger partial charge is 0.0604 e. The van der Waals surface area contributed by atoms with Gasteiger partial charge in [-0.2, -0.15) is 0 Å². The van der Waals surface area contributed by atoms with E-state index in [0.717, 1.165) is 0 Å². The molecule has 0 aromatic heterocycles. The van der Waals surface area contributed by atoms with E-state index in [1.54, 1.807) is 0 Å². The molecule has 0 amide bonds. The van der Waals surface area contributed by atoms with E-state index in [9.17, 15) is 0 Å². The van der Waals surface area contributed by atoms with Gasteiger partial charge in [0.1, 0.15) is 0 Å². The van der Waals surface area contributed by atoms with E-state index in [2.05, 4.69) is 84.6 Å². The van der Waals surface area contributed by atoms with Gasteiger partial charge < -0.3 is 4.90 Å². The molecule has 1 aliphatic heterocycles. The van der Waals surface area contributed by atoms with Crippen molar-refractivity contribution in [1.29, 1.82) is 0 Å². The summed E-state index contributed by atoms with van der Waals surface area (Å²) in [5, 5.41) is 0. The van der Waals surface area contributed by atoms with Crippen molar-refractivity contribution >= 4 is 28.8 Å². The molecule has 102 valence electrons. The Bertz CT molecular complexity index is 796. The van der Waals surface area contributed by atoms with Crippen molar-refractivity contribution in [2.75, 3.05) is 4.90 Å². The van der Waals surface area contributed by atoms with Crippen LogP contribution in [0.25, 0.3) is 0 Å². The zero-order chi connectivity index (χ0) is 14.2. The van der Waals surface area contributed by atoms with Crippen LogP contribution < -0.4 is 4.90 Å². The first-order valence-corrected chi connectivity index (χ1v) is 7.87. The Morgan fingerprint density at radius 1 is 0.714 bits per heavy atom. The number of fused-ring (bicyclic) bond motifs is 2. The quantitative estimate of drug-likeness (QED) is 0.427. The Kier molecular flexibility index (Phi) is 2.97. The highest BCUT2D eigenvalue weighted by Gasteiger charge is 2.24. The lowest BCUT2D eigenvalue weighted by Gasteiger charge is -2.33. The van der Waals surface area contributed by atoms with Gasteiger partial charge in [-0.1, -0.05) is 48.2 Å².